The van der Waals surface area contributed by atoms with Gasteiger partial charge in [0.1, 0.15) is 5.70 Å². The van der Waals surface area contributed by atoms with Crippen LogP contribution in [0.2, 0.25) is 0 Å². The first-order valence-electron chi connectivity index (χ1n) is 7.34. The van der Waals surface area contributed by atoms with Gasteiger partial charge >= 0.3 is 0 Å². The van der Waals surface area contributed by atoms with Gasteiger partial charge in [0, 0.05) is 17.2 Å². The summed E-state index contributed by atoms with van der Waals surface area (Å²) in [6.45, 7) is 3.90. The monoisotopic (exact) mass is 282 g/mol. The van der Waals surface area contributed by atoms with Crippen molar-refractivity contribution in [2.75, 3.05) is 0 Å². The summed E-state index contributed by atoms with van der Waals surface area (Å²) in [5.74, 6) is 0.530. The van der Waals surface area contributed by atoms with Gasteiger partial charge in [0.25, 0.3) is 5.91 Å². The van der Waals surface area contributed by atoms with E-state index >= 15 is 0 Å². The molecule has 3 aliphatic rings. The van der Waals surface area contributed by atoms with E-state index in [4.69, 9.17) is 0 Å². The second-order valence-electron chi connectivity index (χ2n) is 6.01. The van der Waals surface area contributed by atoms with E-state index in [9.17, 15) is 4.79 Å². The maximum atomic E-state index is 12.4. The number of carbonyl (C=O) groups excluding carboxylic acids is 1. The number of hydrogen-bond donors (Lipinski definition) is 3. The van der Waals surface area contributed by atoms with Crippen LogP contribution in [-0.4, -0.2) is 16.9 Å². The molecule has 3 unspecified atom stereocenters. The summed E-state index contributed by atoms with van der Waals surface area (Å²) in [5, 5.41) is 3.02. The summed E-state index contributed by atoms with van der Waals surface area (Å²) in [6.07, 6.45) is 3.33. The van der Waals surface area contributed by atoms with Gasteiger partial charge in [-0.1, -0.05) is 17.7 Å². The zero-order valence-electron chi connectivity index (χ0n) is 12.1. The Morgan fingerprint density at radius 1 is 1.48 bits per heavy atom. The maximum absolute atomic E-state index is 12.4. The molecule has 0 aromatic carbocycles. The van der Waals surface area contributed by atoms with E-state index in [1.165, 1.54) is 12.0 Å². The fourth-order valence-corrected chi connectivity index (χ4v) is 3.16. The van der Waals surface area contributed by atoms with Crippen LogP contribution in [0.1, 0.15) is 30.8 Å². The Morgan fingerprint density at radius 3 is 3.14 bits per heavy atom. The summed E-state index contributed by atoms with van der Waals surface area (Å²) in [4.78, 5) is 16.9. The van der Waals surface area contributed by atoms with Crippen molar-refractivity contribution >= 4 is 5.91 Å². The molecule has 1 aromatic rings. The third-order valence-corrected chi connectivity index (χ3v) is 4.42. The number of carbonyl (C=O) groups is 1. The first-order valence-corrected chi connectivity index (χ1v) is 7.34. The van der Waals surface area contributed by atoms with Crippen molar-refractivity contribution in [2.24, 2.45) is 5.92 Å². The quantitative estimate of drug-likeness (QED) is 0.781. The Kier molecular flexibility index (Phi) is 2.65. The van der Waals surface area contributed by atoms with Gasteiger partial charge in [-0.25, -0.2) is 5.43 Å². The van der Waals surface area contributed by atoms with E-state index in [0.29, 0.717) is 11.6 Å². The molecule has 21 heavy (non-hydrogen) atoms. The molecule has 2 heterocycles. The lowest BCUT2D eigenvalue weighted by Crippen LogP contribution is -2.38. The Labute approximate surface area is 123 Å². The number of aryl methyl sites for hydroxylation is 1. The van der Waals surface area contributed by atoms with E-state index in [-0.39, 0.29) is 18.0 Å². The molecule has 0 spiro atoms. The summed E-state index contributed by atoms with van der Waals surface area (Å²) < 4.78 is 0. The highest BCUT2D eigenvalue weighted by atomic mass is 16.2. The second-order valence-corrected chi connectivity index (χ2v) is 6.01. The highest BCUT2D eigenvalue weighted by Crippen LogP contribution is 2.50. The number of amides is 1. The number of pyridine rings is 1. The molecule has 1 saturated carbocycles. The Balaban J connectivity index is 1.51. The Morgan fingerprint density at radius 2 is 2.33 bits per heavy atom. The van der Waals surface area contributed by atoms with Gasteiger partial charge in [-0.15, -0.1) is 0 Å². The first-order chi connectivity index (χ1) is 10.1. The van der Waals surface area contributed by atoms with Crippen molar-refractivity contribution in [2.45, 2.75) is 32.4 Å². The van der Waals surface area contributed by atoms with E-state index in [2.05, 4.69) is 27.2 Å². The van der Waals surface area contributed by atoms with Crippen molar-refractivity contribution < 1.29 is 4.79 Å². The van der Waals surface area contributed by atoms with Crippen LogP contribution >= 0.6 is 0 Å². The van der Waals surface area contributed by atoms with Crippen LogP contribution in [0.5, 0.6) is 0 Å². The average molecular weight is 282 g/mol. The fraction of sp³-hybridized carbons (Fsp3) is 0.375. The third kappa shape index (κ3) is 2.05. The van der Waals surface area contributed by atoms with E-state index in [0.717, 1.165) is 17.0 Å². The zero-order valence-corrected chi connectivity index (χ0v) is 12.1. The molecule has 1 aliphatic heterocycles. The summed E-state index contributed by atoms with van der Waals surface area (Å²) >= 11 is 0. The molecule has 0 bridgehead atoms. The molecule has 108 valence electrons. The Hall–Kier alpha value is -2.14. The number of fused-ring (bicyclic) bond motifs is 3. The minimum Gasteiger partial charge on any atom is -0.343 e. The summed E-state index contributed by atoms with van der Waals surface area (Å²) in [5.41, 5.74) is 11.3. The molecule has 1 fully saturated rings. The largest absolute Gasteiger partial charge is 0.343 e. The van der Waals surface area contributed by atoms with Crippen LogP contribution < -0.4 is 16.2 Å². The third-order valence-electron chi connectivity index (χ3n) is 4.42. The van der Waals surface area contributed by atoms with Crippen molar-refractivity contribution in [3.63, 3.8) is 0 Å². The molecule has 0 radical (unpaired) electrons. The number of rotatable bonds is 3. The van der Waals surface area contributed by atoms with Crippen LogP contribution in [-0.2, 0) is 4.79 Å². The van der Waals surface area contributed by atoms with E-state index < -0.39 is 0 Å². The molecule has 2 aliphatic carbocycles. The van der Waals surface area contributed by atoms with Crippen LogP contribution in [0.25, 0.3) is 0 Å². The lowest BCUT2D eigenvalue weighted by Gasteiger charge is -2.14. The van der Waals surface area contributed by atoms with Crippen molar-refractivity contribution in [1.82, 2.24) is 21.2 Å². The van der Waals surface area contributed by atoms with Gasteiger partial charge in [-0.3, -0.25) is 9.78 Å². The minimum absolute atomic E-state index is 0.0750. The van der Waals surface area contributed by atoms with Gasteiger partial charge in [0.05, 0.1) is 17.8 Å². The topological polar surface area (TPSA) is 66.1 Å². The normalized spacial score (nSPS) is 26.7. The number of hydrogen-bond acceptors (Lipinski definition) is 4. The zero-order chi connectivity index (χ0) is 14.6. The average Bonchev–Trinajstić information content (AvgIpc) is 2.94. The Bertz CT molecular complexity index is 691. The second kappa shape index (κ2) is 4.43. The van der Waals surface area contributed by atoms with Crippen LogP contribution in [0.4, 0.5) is 0 Å². The molecule has 5 heteroatoms. The van der Waals surface area contributed by atoms with Gasteiger partial charge in [-0.05, 0) is 32.4 Å². The molecule has 3 atom stereocenters. The predicted octanol–water partition coefficient (Wildman–Crippen LogP) is 1.26. The van der Waals surface area contributed by atoms with E-state index in [1.807, 2.05) is 32.0 Å². The SMILES string of the molecule is Cc1cccc(C(C)NC(=O)C2=C3C=C4CC4C3NN2)n1. The van der Waals surface area contributed by atoms with Gasteiger partial charge in [0.2, 0.25) is 0 Å². The molecule has 5 nitrogen and oxygen atoms in total. The van der Waals surface area contributed by atoms with Crippen LogP contribution in [0, 0.1) is 12.8 Å². The number of hydrazine groups is 1. The smallest absolute Gasteiger partial charge is 0.269 e. The number of nitrogens with one attached hydrogen (secondary N) is 3. The highest BCUT2D eigenvalue weighted by molar-refractivity contribution is 5.95. The van der Waals surface area contributed by atoms with Crippen molar-refractivity contribution in [1.29, 1.82) is 0 Å². The highest BCUT2D eigenvalue weighted by Gasteiger charge is 2.48. The lowest BCUT2D eigenvalue weighted by atomic mass is 10.1. The van der Waals surface area contributed by atoms with Gasteiger partial charge < -0.3 is 10.7 Å². The van der Waals surface area contributed by atoms with Gasteiger partial charge in [0.15, 0.2) is 0 Å². The molecule has 1 aromatic heterocycles. The molecular formula is C16H18N4O. The summed E-state index contributed by atoms with van der Waals surface area (Å²) in [6, 6.07) is 6.02. The van der Waals surface area contributed by atoms with Crippen molar-refractivity contribution in [3.05, 3.63) is 52.5 Å². The molecule has 1 amide bonds. The standard InChI is InChI=1S/C16H18N4O/c1-8-4-3-5-13(17-8)9(2)18-16(21)15-12-7-10-6-11(10)14(12)19-20-15/h3-5,7,9,11,14,19-20H,6H2,1-2H3,(H,18,21). The maximum Gasteiger partial charge on any atom is 0.269 e. The number of aromatic nitrogens is 1. The molecular weight excluding hydrogens is 264 g/mol. The van der Waals surface area contributed by atoms with Gasteiger partial charge in [-0.2, -0.15) is 0 Å². The lowest BCUT2D eigenvalue weighted by molar-refractivity contribution is -0.118. The number of nitrogens with zero attached hydrogens (tertiary/aromatic N) is 1. The first kappa shape index (κ1) is 12.6. The predicted molar refractivity (Wildman–Crippen MR) is 78.8 cm³/mol. The van der Waals surface area contributed by atoms with Crippen molar-refractivity contribution in [3.8, 4) is 0 Å². The van der Waals surface area contributed by atoms with E-state index in [1.54, 1.807) is 0 Å². The molecule has 0 saturated heterocycles. The molecule has 4 rings (SSSR count). The molecule has 3 N–H and O–H groups in total. The van der Waals surface area contributed by atoms with Crippen LogP contribution in [0.3, 0.4) is 0 Å². The summed E-state index contributed by atoms with van der Waals surface area (Å²) in [7, 11) is 0. The minimum atomic E-state index is -0.116. The fourth-order valence-electron chi connectivity index (χ4n) is 3.16. The van der Waals surface area contributed by atoms with Crippen LogP contribution in [0.15, 0.2) is 41.1 Å².